The minimum Gasteiger partial charge on any atom is -0.369 e. The van der Waals surface area contributed by atoms with Crippen LogP contribution in [0.25, 0.3) is 0 Å². The van der Waals surface area contributed by atoms with E-state index in [1.54, 1.807) is 0 Å². The molecule has 4 N–H and O–H groups in total. The molecule has 1 aliphatic carbocycles. The third-order valence-electron chi connectivity index (χ3n) is 2.72. The van der Waals surface area contributed by atoms with E-state index in [9.17, 15) is 0 Å². The summed E-state index contributed by atoms with van der Waals surface area (Å²) < 4.78 is 0. The molecule has 80 valence electrons. The quantitative estimate of drug-likeness (QED) is 0.398. The van der Waals surface area contributed by atoms with Crippen molar-refractivity contribution in [3.63, 3.8) is 0 Å². The predicted octanol–water partition coefficient (Wildman–Crippen LogP) is 1.46. The Morgan fingerprint density at radius 1 is 1.36 bits per heavy atom. The van der Waals surface area contributed by atoms with Crippen LogP contribution in [0, 0.1) is 11.8 Å². The highest BCUT2D eigenvalue weighted by Crippen LogP contribution is 2.27. The van der Waals surface area contributed by atoms with Crippen molar-refractivity contribution in [2.45, 2.75) is 39.5 Å². The van der Waals surface area contributed by atoms with Gasteiger partial charge in [-0.1, -0.05) is 20.3 Å². The molecule has 0 amide bonds. The zero-order valence-corrected chi connectivity index (χ0v) is 9.03. The summed E-state index contributed by atoms with van der Waals surface area (Å²) in [5.74, 6) is 1.24. The van der Waals surface area contributed by atoms with Gasteiger partial charge < -0.3 is 11.5 Å². The first-order valence-corrected chi connectivity index (χ1v) is 5.26. The van der Waals surface area contributed by atoms with Gasteiger partial charge in [-0.05, 0) is 25.2 Å². The smallest absolute Gasteiger partial charge is 0.211 e. The van der Waals surface area contributed by atoms with Gasteiger partial charge >= 0.3 is 0 Å². The van der Waals surface area contributed by atoms with E-state index in [-0.39, 0.29) is 5.96 Å². The summed E-state index contributed by atoms with van der Waals surface area (Å²) in [5, 5.41) is 7.88. The molecule has 14 heavy (non-hydrogen) atoms. The van der Waals surface area contributed by atoms with Gasteiger partial charge in [-0.3, -0.25) is 0 Å². The highest BCUT2D eigenvalue weighted by atomic mass is 15.3. The largest absolute Gasteiger partial charge is 0.369 e. The molecule has 0 spiro atoms. The summed E-state index contributed by atoms with van der Waals surface area (Å²) in [4.78, 5) is 0. The van der Waals surface area contributed by atoms with E-state index in [2.05, 4.69) is 24.1 Å². The van der Waals surface area contributed by atoms with Crippen LogP contribution in [-0.4, -0.2) is 11.7 Å². The topological polar surface area (TPSA) is 76.8 Å². The molecule has 1 atom stereocenters. The number of rotatable bonds is 2. The summed E-state index contributed by atoms with van der Waals surface area (Å²) in [6.07, 6.45) is 4.77. The first-order valence-electron chi connectivity index (χ1n) is 5.26. The minimum absolute atomic E-state index is 0.0468. The molecule has 0 aromatic carbocycles. The van der Waals surface area contributed by atoms with Gasteiger partial charge in [0, 0.05) is 11.6 Å². The molecule has 0 radical (unpaired) electrons. The number of guanidine groups is 1. The maximum absolute atomic E-state index is 5.25. The second-order valence-electron chi connectivity index (χ2n) is 4.21. The Labute approximate surface area is 85.5 Å². The molecular formula is C10H20N4. The van der Waals surface area contributed by atoms with E-state index < -0.39 is 0 Å². The standard InChI is InChI=1S/C10H20N4/c1-7(2)8-5-3-4-6-9(8)13-14-10(11)12/h7-8H,3-6H2,1-2H3,(H4,11,12,14)/b13-9+. The Hall–Kier alpha value is -1.06. The monoisotopic (exact) mass is 196 g/mol. The van der Waals surface area contributed by atoms with E-state index in [0.29, 0.717) is 11.8 Å². The van der Waals surface area contributed by atoms with Crippen molar-refractivity contribution in [1.29, 1.82) is 0 Å². The SMILES string of the molecule is CC(C)C1CCCC/C1=N\N=C(N)N. The average molecular weight is 196 g/mol. The zero-order valence-electron chi connectivity index (χ0n) is 9.03. The lowest BCUT2D eigenvalue weighted by Gasteiger charge is -2.26. The van der Waals surface area contributed by atoms with Gasteiger partial charge in [0.2, 0.25) is 5.96 Å². The van der Waals surface area contributed by atoms with Crippen LogP contribution in [-0.2, 0) is 0 Å². The van der Waals surface area contributed by atoms with Crippen molar-refractivity contribution in [3.8, 4) is 0 Å². The van der Waals surface area contributed by atoms with Crippen LogP contribution < -0.4 is 11.5 Å². The number of nitrogens with zero attached hydrogens (tertiary/aromatic N) is 2. The van der Waals surface area contributed by atoms with Crippen LogP contribution in [0.5, 0.6) is 0 Å². The van der Waals surface area contributed by atoms with Crippen molar-refractivity contribution in [2.24, 2.45) is 33.5 Å². The zero-order chi connectivity index (χ0) is 10.6. The third kappa shape index (κ3) is 3.01. The first kappa shape index (κ1) is 11.0. The molecule has 1 unspecified atom stereocenters. The summed E-state index contributed by atoms with van der Waals surface area (Å²) in [5.41, 5.74) is 11.7. The summed E-state index contributed by atoms with van der Waals surface area (Å²) in [6, 6.07) is 0. The van der Waals surface area contributed by atoms with Crippen molar-refractivity contribution in [2.75, 3.05) is 0 Å². The van der Waals surface area contributed by atoms with Crippen molar-refractivity contribution in [1.82, 2.24) is 0 Å². The lowest BCUT2D eigenvalue weighted by molar-refractivity contribution is 0.415. The molecule has 4 heteroatoms. The molecule has 0 aromatic rings. The molecule has 0 heterocycles. The van der Waals surface area contributed by atoms with Gasteiger partial charge in [0.05, 0.1) is 0 Å². The Bertz CT molecular complexity index is 239. The first-order chi connectivity index (χ1) is 6.61. The van der Waals surface area contributed by atoms with Crippen LogP contribution in [0.3, 0.4) is 0 Å². The average Bonchev–Trinajstić information content (AvgIpc) is 2.15. The molecule has 1 aliphatic rings. The fraction of sp³-hybridized carbons (Fsp3) is 0.800. The molecule has 0 aliphatic heterocycles. The van der Waals surface area contributed by atoms with Crippen LogP contribution in [0.1, 0.15) is 39.5 Å². The Kier molecular flexibility index (Phi) is 3.92. The summed E-state index contributed by atoms with van der Waals surface area (Å²) in [6.45, 7) is 4.45. The fourth-order valence-corrected chi connectivity index (χ4v) is 1.99. The molecule has 1 rings (SSSR count). The molecule has 0 aromatic heterocycles. The van der Waals surface area contributed by atoms with E-state index in [0.717, 1.165) is 6.42 Å². The highest BCUT2D eigenvalue weighted by Gasteiger charge is 2.23. The Balaban J connectivity index is 2.72. The Morgan fingerprint density at radius 2 is 2.07 bits per heavy atom. The number of nitrogens with two attached hydrogens (primary N) is 2. The minimum atomic E-state index is 0.0468. The number of hydrogen-bond acceptors (Lipinski definition) is 2. The third-order valence-corrected chi connectivity index (χ3v) is 2.72. The van der Waals surface area contributed by atoms with E-state index in [1.807, 2.05) is 0 Å². The molecule has 1 saturated carbocycles. The molecule has 4 nitrogen and oxygen atoms in total. The lowest BCUT2D eigenvalue weighted by Crippen LogP contribution is -2.25. The second kappa shape index (κ2) is 4.98. The van der Waals surface area contributed by atoms with Crippen LogP contribution in [0.2, 0.25) is 0 Å². The summed E-state index contributed by atoms with van der Waals surface area (Å²) in [7, 11) is 0. The lowest BCUT2D eigenvalue weighted by atomic mass is 9.80. The van der Waals surface area contributed by atoms with E-state index in [1.165, 1.54) is 25.0 Å². The Morgan fingerprint density at radius 3 is 2.64 bits per heavy atom. The van der Waals surface area contributed by atoms with Gasteiger partial charge in [-0.15, -0.1) is 5.10 Å². The maximum Gasteiger partial charge on any atom is 0.211 e. The van der Waals surface area contributed by atoms with Gasteiger partial charge in [-0.25, -0.2) is 0 Å². The van der Waals surface area contributed by atoms with Crippen LogP contribution in [0.15, 0.2) is 10.2 Å². The highest BCUT2D eigenvalue weighted by molar-refractivity contribution is 5.88. The van der Waals surface area contributed by atoms with Crippen LogP contribution >= 0.6 is 0 Å². The number of hydrogen-bond donors (Lipinski definition) is 2. The van der Waals surface area contributed by atoms with Crippen molar-refractivity contribution >= 4 is 11.7 Å². The fourth-order valence-electron chi connectivity index (χ4n) is 1.99. The maximum atomic E-state index is 5.25. The second-order valence-corrected chi connectivity index (χ2v) is 4.21. The normalized spacial score (nSPS) is 25.4. The van der Waals surface area contributed by atoms with Gasteiger partial charge in [0.1, 0.15) is 0 Å². The van der Waals surface area contributed by atoms with E-state index >= 15 is 0 Å². The van der Waals surface area contributed by atoms with Crippen molar-refractivity contribution in [3.05, 3.63) is 0 Å². The molecule has 0 bridgehead atoms. The van der Waals surface area contributed by atoms with Crippen LogP contribution in [0.4, 0.5) is 0 Å². The summed E-state index contributed by atoms with van der Waals surface area (Å²) >= 11 is 0. The predicted molar refractivity (Wildman–Crippen MR) is 60.0 cm³/mol. The molecule has 0 saturated heterocycles. The molecular weight excluding hydrogens is 176 g/mol. The van der Waals surface area contributed by atoms with Gasteiger partial charge in [-0.2, -0.15) is 5.10 Å². The van der Waals surface area contributed by atoms with E-state index in [4.69, 9.17) is 11.5 Å². The van der Waals surface area contributed by atoms with Gasteiger partial charge in [0.25, 0.3) is 0 Å². The van der Waals surface area contributed by atoms with Crippen molar-refractivity contribution < 1.29 is 0 Å². The molecule has 1 fully saturated rings. The van der Waals surface area contributed by atoms with Gasteiger partial charge in [0.15, 0.2) is 0 Å².